The van der Waals surface area contributed by atoms with Crippen molar-refractivity contribution in [3.05, 3.63) is 94.0 Å². The van der Waals surface area contributed by atoms with Gasteiger partial charge in [0.2, 0.25) is 11.3 Å². The predicted octanol–water partition coefficient (Wildman–Crippen LogP) is 1.34. The number of nitrogens with zero attached hydrogens (tertiary/aromatic N) is 3. The largest absolute Gasteiger partial charge is 0.481 e. The van der Waals surface area contributed by atoms with E-state index in [2.05, 4.69) is 9.97 Å². The summed E-state index contributed by atoms with van der Waals surface area (Å²) in [5.41, 5.74) is 2.65. The highest BCUT2D eigenvalue weighted by molar-refractivity contribution is 6.30. The summed E-state index contributed by atoms with van der Waals surface area (Å²) in [6.45, 7) is 0.448. The van der Waals surface area contributed by atoms with Crippen LogP contribution < -0.4 is 15.8 Å². The average molecular weight is 383 g/mol. The van der Waals surface area contributed by atoms with Crippen LogP contribution in [0.2, 0.25) is 0 Å². The molecule has 7 heteroatoms. The molecule has 0 atom stereocenters. The van der Waals surface area contributed by atoms with Crippen molar-refractivity contribution in [2.45, 2.75) is 6.54 Å². The van der Waals surface area contributed by atoms with Crippen LogP contribution in [0.15, 0.2) is 71.8 Å². The molecule has 3 heterocycles. The zero-order chi connectivity index (χ0) is 20.4. The number of carbonyl (C=O) groups is 1. The number of hydrogen-bond acceptors (Lipinski definition) is 5. The summed E-state index contributed by atoms with van der Waals surface area (Å²) < 4.78 is 6.93. The minimum atomic E-state index is -0.373. The lowest BCUT2D eigenvalue weighted by atomic mass is 10.0. The molecule has 0 aliphatic rings. The molecule has 0 fully saturated rings. The van der Waals surface area contributed by atoms with Crippen LogP contribution in [-0.2, 0) is 6.54 Å². The number of aromatic nitrogens is 3. The lowest BCUT2D eigenvalue weighted by Gasteiger charge is -2.13. The quantitative estimate of drug-likeness (QED) is 0.384. The highest BCUT2D eigenvalue weighted by Gasteiger charge is 2.18. The molecule has 0 saturated heterocycles. The van der Waals surface area contributed by atoms with Crippen molar-refractivity contribution in [2.75, 3.05) is 7.11 Å². The van der Waals surface area contributed by atoms with E-state index in [0.29, 0.717) is 23.4 Å². The molecule has 0 amide bonds. The summed E-state index contributed by atoms with van der Waals surface area (Å²) >= 11 is 0. The minimum absolute atomic E-state index is 0.100. The molecule has 4 rings (SSSR count). The topological polar surface area (TPSA) is 74.1 Å². The maximum Gasteiger partial charge on any atom is 0.212 e. The molecule has 0 bridgehead atoms. The van der Waals surface area contributed by atoms with E-state index >= 15 is 0 Å². The first-order chi connectivity index (χ1) is 14.1. The maximum absolute atomic E-state index is 13.1. The summed E-state index contributed by atoms with van der Waals surface area (Å²) in [6.07, 6.45) is 3.03. The Hall–Kier alpha value is -3.74. The van der Waals surface area contributed by atoms with E-state index in [1.807, 2.05) is 42.7 Å². The SMILES string of the molecule is Bc1cccc(Cn2cc(C(=O)c3ccc(OC)nc3)c(=O)c3ccccc32)n1. The number of para-hydroxylation sites is 1. The number of pyridine rings is 3. The third-order valence-electron chi connectivity index (χ3n) is 4.72. The van der Waals surface area contributed by atoms with E-state index in [1.54, 1.807) is 30.5 Å². The fourth-order valence-electron chi connectivity index (χ4n) is 3.29. The van der Waals surface area contributed by atoms with Gasteiger partial charge in [0.1, 0.15) is 0 Å². The van der Waals surface area contributed by atoms with Gasteiger partial charge < -0.3 is 9.30 Å². The van der Waals surface area contributed by atoms with Gasteiger partial charge in [0.25, 0.3) is 0 Å². The number of fused-ring (bicyclic) bond motifs is 1. The van der Waals surface area contributed by atoms with Crippen LogP contribution in [0.4, 0.5) is 0 Å². The summed E-state index contributed by atoms with van der Waals surface area (Å²) in [7, 11) is 3.43. The van der Waals surface area contributed by atoms with Crippen LogP contribution in [0.3, 0.4) is 0 Å². The number of ketones is 1. The van der Waals surface area contributed by atoms with Crippen molar-refractivity contribution in [1.29, 1.82) is 0 Å². The fraction of sp³-hybridized carbons (Fsp3) is 0.0909. The van der Waals surface area contributed by atoms with E-state index in [4.69, 9.17) is 4.74 Å². The second kappa shape index (κ2) is 7.71. The van der Waals surface area contributed by atoms with Gasteiger partial charge in [-0.1, -0.05) is 24.3 Å². The zero-order valence-electron chi connectivity index (χ0n) is 16.1. The summed E-state index contributed by atoms with van der Waals surface area (Å²) in [4.78, 5) is 34.7. The Kier molecular flexibility index (Phi) is 4.95. The lowest BCUT2D eigenvalue weighted by Crippen LogP contribution is -2.21. The van der Waals surface area contributed by atoms with Gasteiger partial charge in [0.05, 0.1) is 30.4 Å². The van der Waals surface area contributed by atoms with Crippen LogP contribution in [0, 0.1) is 0 Å². The Morgan fingerprint density at radius 2 is 1.93 bits per heavy atom. The lowest BCUT2D eigenvalue weighted by molar-refractivity contribution is 0.103. The molecule has 142 valence electrons. The van der Waals surface area contributed by atoms with Crippen molar-refractivity contribution in [3.8, 4) is 5.88 Å². The Balaban J connectivity index is 1.84. The van der Waals surface area contributed by atoms with Gasteiger partial charge in [-0.2, -0.15) is 0 Å². The zero-order valence-corrected chi connectivity index (χ0v) is 16.1. The molecule has 29 heavy (non-hydrogen) atoms. The molecule has 0 spiro atoms. The van der Waals surface area contributed by atoms with E-state index in [1.165, 1.54) is 13.3 Å². The fourth-order valence-corrected chi connectivity index (χ4v) is 3.29. The highest BCUT2D eigenvalue weighted by Crippen LogP contribution is 2.16. The van der Waals surface area contributed by atoms with E-state index in [9.17, 15) is 9.59 Å². The van der Waals surface area contributed by atoms with Crippen LogP contribution in [0.25, 0.3) is 10.9 Å². The third-order valence-corrected chi connectivity index (χ3v) is 4.72. The maximum atomic E-state index is 13.1. The van der Waals surface area contributed by atoms with Crippen molar-refractivity contribution in [2.24, 2.45) is 0 Å². The number of hydrogen-bond donors (Lipinski definition) is 0. The van der Waals surface area contributed by atoms with Crippen LogP contribution >= 0.6 is 0 Å². The van der Waals surface area contributed by atoms with Gasteiger partial charge in [0.15, 0.2) is 13.6 Å². The predicted molar refractivity (Wildman–Crippen MR) is 114 cm³/mol. The second-order valence-electron chi connectivity index (χ2n) is 6.71. The molecule has 6 nitrogen and oxygen atoms in total. The van der Waals surface area contributed by atoms with Crippen molar-refractivity contribution in [3.63, 3.8) is 0 Å². The molecular weight excluding hydrogens is 365 g/mol. The van der Waals surface area contributed by atoms with Crippen LogP contribution in [0.5, 0.6) is 5.88 Å². The minimum Gasteiger partial charge on any atom is -0.481 e. The molecule has 0 aliphatic carbocycles. The number of methoxy groups -OCH3 is 1. The van der Waals surface area contributed by atoms with Gasteiger partial charge in [0, 0.05) is 29.4 Å². The van der Waals surface area contributed by atoms with E-state index < -0.39 is 0 Å². The van der Waals surface area contributed by atoms with Gasteiger partial charge >= 0.3 is 0 Å². The smallest absolute Gasteiger partial charge is 0.212 e. The highest BCUT2D eigenvalue weighted by atomic mass is 16.5. The Morgan fingerprint density at radius 3 is 2.66 bits per heavy atom. The van der Waals surface area contributed by atoms with Crippen molar-refractivity contribution < 1.29 is 9.53 Å². The van der Waals surface area contributed by atoms with E-state index in [0.717, 1.165) is 16.8 Å². The number of ether oxygens (including phenoxy) is 1. The van der Waals surface area contributed by atoms with Gasteiger partial charge in [-0.05, 0) is 29.9 Å². The van der Waals surface area contributed by atoms with E-state index in [-0.39, 0.29) is 16.8 Å². The average Bonchev–Trinajstić information content (AvgIpc) is 2.75. The summed E-state index contributed by atoms with van der Waals surface area (Å²) in [5, 5.41) is 0.493. The molecule has 0 N–H and O–H groups in total. The first-order valence-electron chi connectivity index (χ1n) is 9.16. The molecular formula is C22H18BN3O3. The Bertz CT molecular complexity index is 1270. The van der Waals surface area contributed by atoms with Crippen molar-refractivity contribution in [1.82, 2.24) is 14.5 Å². The molecule has 1 aromatic carbocycles. The van der Waals surface area contributed by atoms with Gasteiger partial charge in [-0.3, -0.25) is 14.6 Å². The van der Waals surface area contributed by atoms with Crippen LogP contribution in [0.1, 0.15) is 21.6 Å². The summed E-state index contributed by atoms with van der Waals surface area (Å²) in [6, 6.07) is 16.3. The van der Waals surface area contributed by atoms with Crippen LogP contribution in [-0.4, -0.2) is 35.3 Å². The molecule has 0 saturated carbocycles. The number of benzene rings is 1. The normalized spacial score (nSPS) is 10.8. The molecule has 0 unspecified atom stereocenters. The standard InChI is InChI=1S/C22H18BN3O3/c1-29-20-10-9-14(11-24-20)21(27)17-13-26(12-15-5-4-8-19(23)25-15)18-7-3-2-6-16(18)22(17)28/h2-11,13H,12,23H2,1H3. The Morgan fingerprint density at radius 1 is 1.10 bits per heavy atom. The monoisotopic (exact) mass is 383 g/mol. The third kappa shape index (κ3) is 3.67. The summed E-state index contributed by atoms with van der Waals surface area (Å²) in [5.74, 6) is 0.0323. The first kappa shape index (κ1) is 18.6. The molecule has 4 aromatic rings. The number of carbonyl (C=O) groups excluding carboxylic acids is 1. The number of rotatable bonds is 5. The Labute approximate surface area is 168 Å². The molecule has 0 aliphatic heterocycles. The van der Waals surface area contributed by atoms with Gasteiger partial charge in [-0.25, -0.2) is 4.98 Å². The van der Waals surface area contributed by atoms with Gasteiger partial charge in [-0.15, -0.1) is 0 Å². The first-order valence-corrected chi connectivity index (χ1v) is 9.16. The molecule has 0 radical (unpaired) electrons. The molecule has 3 aromatic heterocycles. The van der Waals surface area contributed by atoms with Crippen molar-refractivity contribution >= 4 is 30.1 Å². The second-order valence-corrected chi connectivity index (χ2v) is 6.71.